The van der Waals surface area contributed by atoms with Crippen LogP contribution in [-0.4, -0.2) is 43.0 Å². The zero-order chi connectivity index (χ0) is 14.9. The molecule has 0 bridgehead atoms. The number of hydrogen-bond acceptors (Lipinski definition) is 5. The van der Waals surface area contributed by atoms with E-state index in [2.05, 4.69) is 10.6 Å². The van der Waals surface area contributed by atoms with Crippen molar-refractivity contribution < 1.29 is 19.1 Å². The highest BCUT2D eigenvalue weighted by molar-refractivity contribution is 5.86. The first-order valence-corrected chi connectivity index (χ1v) is 6.20. The minimum Gasteiger partial charge on any atom is -0.459 e. The van der Waals surface area contributed by atoms with E-state index in [-0.39, 0.29) is 25.4 Å². The van der Waals surface area contributed by atoms with Crippen LogP contribution in [0.15, 0.2) is 0 Å². The van der Waals surface area contributed by atoms with Crippen LogP contribution in [0.25, 0.3) is 0 Å². The number of ether oxygens (including phenoxy) is 1. The molecule has 0 aliphatic carbocycles. The third-order valence-electron chi connectivity index (χ3n) is 1.90. The number of nitrogens with two attached hydrogens (primary N) is 1. The number of carbonyl (C=O) groups is 3. The lowest BCUT2D eigenvalue weighted by molar-refractivity contribution is -0.154. The predicted molar refractivity (Wildman–Crippen MR) is 70.2 cm³/mol. The average Bonchev–Trinajstić information content (AvgIpc) is 2.29. The Bertz CT molecular complexity index is 323. The fourth-order valence-corrected chi connectivity index (χ4v) is 1.14. The highest BCUT2D eigenvalue weighted by atomic mass is 16.6. The molecule has 0 spiro atoms. The number of rotatable bonds is 7. The second-order valence-electron chi connectivity index (χ2n) is 5.03. The third kappa shape index (κ3) is 11.2. The van der Waals surface area contributed by atoms with Crippen molar-refractivity contribution in [2.75, 3.05) is 19.6 Å². The van der Waals surface area contributed by atoms with Crippen molar-refractivity contribution in [3.05, 3.63) is 0 Å². The summed E-state index contributed by atoms with van der Waals surface area (Å²) >= 11 is 0. The van der Waals surface area contributed by atoms with Gasteiger partial charge in [0.25, 0.3) is 0 Å². The average molecular weight is 273 g/mol. The molecule has 0 aromatic rings. The molecule has 0 unspecified atom stereocenters. The molecule has 0 aliphatic heterocycles. The topological polar surface area (TPSA) is 111 Å². The molecule has 2 amide bonds. The summed E-state index contributed by atoms with van der Waals surface area (Å²) in [6, 6.07) is 0. The first-order valence-electron chi connectivity index (χ1n) is 6.20. The summed E-state index contributed by atoms with van der Waals surface area (Å²) < 4.78 is 5.01. The van der Waals surface area contributed by atoms with Crippen LogP contribution in [-0.2, 0) is 19.1 Å². The van der Waals surface area contributed by atoms with E-state index in [4.69, 9.17) is 10.5 Å². The van der Waals surface area contributed by atoms with Gasteiger partial charge >= 0.3 is 5.97 Å². The molecule has 0 aromatic heterocycles. The number of amides is 2. The first-order chi connectivity index (χ1) is 8.74. The summed E-state index contributed by atoms with van der Waals surface area (Å²) in [6.45, 7) is 5.28. The molecule has 110 valence electrons. The van der Waals surface area contributed by atoms with E-state index in [1.54, 1.807) is 20.8 Å². The van der Waals surface area contributed by atoms with Crippen LogP contribution in [0.4, 0.5) is 0 Å². The van der Waals surface area contributed by atoms with Gasteiger partial charge in [-0.2, -0.15) is 0 Å². The van der Waals surface area contributed by atoms with E-state index >= 15 is 0 Å². The van der Waals surface area contributed by atoms with Crippen LogP contribution < -0.4 is 16.4 Å². The fourth-order valence-electron chi connectivity index (χ4n) is 1.14. The Hall–Kier alpha value is -1.63. The van der Waals surface area contributed by atoms with Gasteiger partial charge in [0.15, 0.2) is 0 Å². The lowest BCUT2D eigenvalue weighted by atomic mass is 10.2. The lowest BCUT2D eigenvalue weighted by Gasteiger charge is -2.19. The predicted octanol–water partition coefficient (Wildman–Crippen LogP) is -0.701. The smallest absolute Gasteiger partial charge is 0.325 e. The van der Waals surface area contributed by atoms with Crippen LogP contribution in [0.1, 0.15) is 33.6 Å². The molecule has 0 fully saturated rings. The van der Waals surface area contributed by atoms with Crippen molar-refractivity contribution >= 4 is 17.8 Å². The van der Waals surface area contributed by atoms with Gasteiger partial charge < -0.3 is 21.1 Å². The van der Waals surface area contributed by atoms with Gasteiger partial charge in [-0.05, 0) is 33.7 Å². The van der Waals surface area contributed by atoms with Crippen molar-refractivity contribution in [2.45, 2.75) is 39.2 Å². The molecule has 19 heavy (non-hydrogen) atoms. The first kappa shape index (κ1) is 17.4. The maximum absolute atomic E-state index is 11.3. The molecule has 7 nitrogen and oxygen atoms in total. The molecule has 0 aliphatic rings. The molecule has 7 heteroatoms. The number of carbonyl (C=O) groups excluding carboxylic acids is 3. The zero-order valence-electron chi connectivity index (χ0n) is 11.7. The van der Waals surface area contributed by atoms with Crippen molar-refractivity contribution in [1.29, 1.82) is 0 Å². The second-order valence-corrected chi connectivity index (χ2v) is 5.03. The van der Waals surface area contributed by atoms with E-state index in [1.807, 2.05) is 0 Å². The van der Waals surface area contributed by atoms with Gasteiger partial charge in [0.2, 0.25) is 11.8 Å². The largest absolute Gasteiger partial charge is 0.459 e. The van der Waals surface area contributed by atoms with E-state index in [9.17, 15) is 14.4 Å². The van der Waals surface area contributed by atoms with Gasteiger partial charge in [-0.1, -0.05) is 0 Å². The van der Waals surface area contributed by atoms with Crippen LogP contribution in [0.2, 0.25) is 0 Å². The van der Waals surface area contributed by atoms with E-state index in [0.29, 0.717) is 13.0 Å². The molecule has 0 saturated heterocycles. The maximum Gasteiger partial charge on any atom is 0.325 e. The fraction of sp³-hybridized carbons (Fsp3) is 0.750. The third-order valence-corrected chi connectivity index (χ3v) is 1.90. The number of hydrogen-bond donors (Lipinski definition) is 3. The van der Waals surface area contributed by atoms with Crippen molar-refractivity contribution in [1.82, 2.24) is 10.6 Å². The summed E-state index contributed by atoms with van der Waals surface area (Å²) in [5.41, 5.74) is 4.67. The van der Waals surface area contributed by atoms with Crippen LogP contribution in [0.3, 0.4) is 0 Å². The van der Waals surface area contributed by atoms with Gasteiger partial charge in [-0.3, -0.25) is 14.4 Å². The summed E-state index contributed by atoms with van der Waals surface area (Å²) in [7, 11) is 0. The monoisotopic (exact) mass is 273 g/mol. The minimum atomic E-state index is -0.585. The summed E-state index contributed by atoms with van der Waals surface area (Å²) in [5, 5.41) is 4.79. The molecular weight excluding hydrogens is 250 g/mol. The normalized spacial score (nSPS) is 10.7. The van der Waals surface area contributed by atoms with Crippen molar-refractivity contribution in [2.24, 2.45) is 5.73 Å². The molecule has 0 rings (SSSR count). The standard InChI is InChI=1S/C12H23N3O4/c1-12(2,3)19-11(18)8-15-10(17)7-14-9(16)5-4-6-13/h4-8,13H2,1-3H3,(H,14,16)(H,15,17). The highest BCUT2D eigenvalue weighted by Crippen LogP contribution is 2.05. The maximum atomic E-state index is 11.3. The van der Waals surface area contributed by atoms with Gasteiger partial charge in [0.05, 0.1) is 6.54 Å². The highest BCUT2D eigenvalue weighted by Gasteiger charge is 2.16. The summed E-state index contributed by atoms with van der Waals surface area (Å²) in [5.74, 6) is -1.19. The van der Waals surface area contributed by atoms with Gasteiger partial charge in [-0.25, -0.2) is 0 Å². The van der Waals surface area contributed by atoms with Crippen molar-refractivity contribution in [3.8, 4) is 0 Å². The number of esters is 1. The Morgan fingerprint density at radius 3 is 2.16 bits per heavy atom. The Morgan fingerprint density at radius 1 is 1.05 bits per heavy atom. The molecule has 4 N–H and O–H groups in total. The molecule has 0 saturated carbocycles. The minimum absolute atomic E-state index is 0.161. The van der Waals surface area contributed by atoms with E-state index < -0.39 is 17.5 Å². The Kier molecular flexibility index (Phi) is 7.74. The molecule has 0 atom stereocenters. The molecule has 0 heterocycles. The van der Waals surface area contributed by atoms with E-state index in [0.717, 1.165) is 0 Å². The Morgan fingerprint density at radius 2 is 1.63 bits per heavy atom. The van der Waals surface area contributed by atoms with Crippen molar-refractivity contribution in [3.63, 3.8) is 0 Å². The molecule has 0 radical (unpaired) electrons. The Balaban J connectivity index is 3.76. The van der Waals surface area contributed by atoms with Crippen LogP contribution in [0, 0.1) is 0 Å². The van der Waals surface area contributed by atoms with Gasteiger partial charge in [0, 0.05) is 6.42 Å². The van der Waals surface area contributed by atoms with Crippen LogP contribution >= 0.6 is 0 Å². The van der Waals surface area contributed by atoms with E-state index in [1.165, 1.54) is 0 Å². The summed E-state index contributed by atoms with van der Waals surface area (Å²) in [6.07, 6.45) is 0.862. The summed E-state index contributed by atoms with van der Waals surface area (Å²) in [4.78, 5) is 33.8. The molecule has 0 aromatic carbocycles. The second kappa shape index (κ2) is 8.47. The molecular formula is C12H23N3O4. The Labute approximate surface area is 113 Å². The number of nitrogens with one attached hydrogen (secondary N) is 2. The quantitative estimate of drug-likeness (QED) is 0.531. The lowest BCUT2D eigenvalue weighted by Crippen LogP contribution is -2.40. The SMILES string of the molecule is CC(C)(C)OC(=O)CNC(=O)CNC(=O)CCCN. The van der Waals surface area contributed by atoms with Crippen LogP contribution in [0.5, 0.6) is 0 Å². The zero-order valence-corrected chi connectivity index (χ0v) is 11.7. The van der Waals surface area contributed by atoms with Gasteiger partial charge in [0.1, 0.15) is 12.1 Å². The van der Waals surface area contributed by atoms with Gasteiger partial charge in [-0.15, -0.1) is 0 Å².